The second-order valence-corrected chi connectivity index (χ2v) is 6.11. The van der Waals surface area contributed by atoms with Gasteiger partial charge >= 0.3 is 0 Å². The Balaban J connectivity index is 2.03. The van der Waals surface area contributed by atoms with Gasteiger partial charge in [-0.25, -0.2) is 4.98 Å². The predicted molar refractivity (Wildman–Crippen MR) is 76.6 cm³/mol. The zero-order valence-electron chi connectivity index (χ0n) is 10.6. The van der Waals surface area contributed by atoms with Crippen LogP contribution in [-0.4, -0.2) is 22.5 Å². The van der Waals surface area contributed by atoms with E-state index in [0.29, 0.717) is 4.75 Å². The van der Waals surface area contributed by atoms with Crippen molar-refractivity contribution in [1.82, 2.24) is 4.98 Å². The highest BCUT2D eigenvalue weighted by Gasteiger charge is 2.32. The molecule has 0 spiro atoms. The molecule has 1 saturated carbocycles. The summed E-state index contributed by atoms with van der Waals surface area (Å²) in [7, 11) is 0. The smallest absolute Gasteiger partial charge is 0.149 e. The van der Waals surface area contributed by atoms with Gasteiger partial charge in [-0.3, -0.25) is 0 Å². The largest absolute Gasteiger partial charge is 0.396 e. The molecule has 0 saturated heterocycles. The van der Waals surface area contributed by atoms with Crippen LogP contribution in [0.3, 0.4) is 0 Å². The number of nitrogens with two attached hydrogens (primary N) is 1. The summed E-state index contributed by atoms with van der Waals surface area (Å²) < 4.78 is 0.387. The summed E-state index contributed by atoms with van der Waals surface area (Å²) in [6.45, 7) is 2.96. The number of thioether (sulfide) groups is 1. The number of nitrogens with zero attached hydrogens (tertiary/aromatic N) is 1. The van der Waals surface area contributed by atoms with Gasteiger partial charge in [0.2, 0.25) is 0 Å². The average Bonchev–Trinajstić information content (AvgIpc) is 2.80. The van der Waals surface area contributed by atoms with Gasteiger partial charge in [-0.1, -0.05) is 12.8 Å². The van der Waals surface area contributed by atoms with E-state index < -0.39 is 0 Å². The topological polar surface area (TPSA) is 50.9 Å². The van der Waals surface area contributed by atoms with Crippen LogP contribution in [0, 0.1) is 6.92 Å². The third-order valence-corrected chi connectivity index (χ3v) is 5.01. The number of rotatable bonds is 4. The van der Waals surface area contributed by atoms with Crippen molar-refractivity contribution in [3.63, 3.8) is 0 Å². The minimum atomic E-state index is 0.387. The molecule has 0 aliphatic heterocycles. The van der Waals surface area contributed by atoms with Crippen LogP contribution in [0.2, 0.25) is 0 Å². The van der Waals surface area contributed by atoms with Gasteiger partial charge in [0, 0.05) is 17.0 Å². The average molecular weight is 251 g/mol. The van der Waals surface area contributed by atoms with Crippen molar-refractivity contribution in [3.05, 3.63) is 17.8 Å². The third kappa shape index (κ3) is 2.86. The van der Waals surface area contributed by atoms with Crippen LogP contribution in [0.5, 0.6) is 0 Å². The molecule has 17 heavy (non-hydrogen) atoms. The maximum absolute atomic E-state index is 5.93. The zero-order chi connectivity index (χ0) is 12.3. The van der Waals surface area contributed by atoms with Gasteiger partial charge in [-0.15, -0.1) is 0 Å². The molecule has 0 aromatic carbocycles. The molecule has 1 heterocycles. The Bertz CT molecular complexity index is 386. The van der Waals surface area contributed by atoms with Crippen molar-refractivity contribution in [1.29, 1.82) is 0 Å². The van der Waals surface area contributed by atoms with Gasteiger partial charge < -0.3 is 11.1 Å². The lowest BCUT2D eigenvalue weighted by Gasteiger charge is -2.27. The first-order chi connectivity index (χ1) is 8.15. The van der Waals surface area contributed by atoms with Crippen LogP contribution in [0.4, 0.5) is 11.5 Å². The second-order valence-electron chi connectivity index (χ2n) is 4.84. The number of anilines is 2. The Morgan fingerprint density at radius 2 is 2.12 bits per heavy atom. The van der Waals surface area contributed by atoms with Crippen molar-refractivity contribution < 1.29 is 0 Å². The van der Waals surface area contributed by atoms with Gasteiger partial charge in [0.1, 0.15) is 5.82 Å². The highest BCUT2D eigenvalue weighted by Crippen LogP contribution is 2.40. The van der Waals surface area contributed by atoms with Crippen molar-refractivity contribution in [2.45, 2.75) is 37.4 Å². The van der Waals surface area contributed by atoms with E-state index >= 15 is 0 Å². The van der Waals surface area contributed by atoms with Crippen molar-refractivity contribution in [2.24, 2.45) is 0 Å². The van der Waals surface area contributed by atoms with Crippen molar-refractivity contribution in [2.75, 3.05) is 23.9 Å². The molecule has 1 aromatic heterocycles. The number of nitrogen functional groups attached to an aromatic ring is 1. The van der Waals surface area contributed by atoms with E-state index in [-0.39, 0.29) is 0 Å². The van der Waals surface area contributed by atoms with Crippen LogP contribution in [0.1, 0.15) is 31.4 Å². The number of pyridine rings is 1. The van der Waals surface area contributed by atoms with Gasteiger partial charge in [-0.2, -0.15) is 11.8 Å². The summed E-state index contributed by atoms with van der Waals surface area (Å²) in [5.74, 6) is 0.838. The normalized spacial score (nSPS) is 18.2. The Morgan fingerprint density at radius 1 is 1.41 bits per heavy atom. The fourth-order valence-corrected chi connectivity index (χ4v) is 3.34. The second kappa shape index (κ2) is 5.17. The number of hydrogen-bond acceptors (Lipinski definition) is 4. The third-order valence-electron chi connectivity index (χ3n) is 3.59. The molecule has 1 aliphatic rings. The maximum Gasteiger partial charge on any atom is 0.149 e. The van der Waals surface area contributed by atoms with Crippen LogP contribution in [0.15, 0.2) is 12.1 Å². The Kier molecular flexibility index (Phi) is 3.82. The summed E-state index contributed by atoms with van der Waals surface area (Å²) >= 11 is 1.98. The Labute approximate surface area is 108 Å². The van der Waals surface area contributed by atoms with Gasteiger partial charge in [0.15, 0.2) is 0 Å². The quantitative estimate of drug-likeness (QED) is 0.863. The number of aromatic nitrogens is 1. The molecule has 1 aromatic rings. The highest BCUT2D eigenvalue weighted by atomic mass is 32.2. The molecule has 1 aliphatic carbocycles. The molecule has 0 amide bonds. The number of hydrogen-bond donors (Lipinski definition) is 2. The first-order valence-electron chi connectivity index (χ1n) is 6.17. The summed E-state index contributed by atoms with van der Waals surface area (Å²) in [6, 6.07) is 3.87. The van der Waals surface area contributed by atoms with E-state index in [9.17, 15) is 0 Å². The first kappa shape index (κ1) is 12.6. The Morgan fingerprint density at radius 3 is 2.76 bits per heavy atom. The minimum Gasteiger partial charge on any atom is -0.396 e. The van der Waals surface area contributed by atoms with Gasteiger partial charge in [0.25, 0.3) is 0 Å². The molecular formula is C13H21N3S. The van der Waals surface area contributed by atoms with E-state index in [1.807, 2.05) is 30.8 Å². The SMILES string of the molecule is CSC1(CNc2nc(C)ccc2N)CCCC1. The van der Waals surface area contributed by atoms with E-state index in [1.54, 1.807) is 0 Å². The predicted octanol–water partition coefficient (Wildman–Crippen LogP) is 3.06. The molecule has 0 bridgehead atoms. The molecule has 3 N–H and O–H groups in total. The standard InChI is InChI=1S/C13H21N3S/c1-10-5-6-11(14)12(16-10)15-9-13(17-2)7-3-4-8-13/h5-6H,3-4,7-9,14H2,1-2H3,(H,15,16). The zero-order valence-corrected chi connectivity index (χ0v) is 11.4. The molecule has 0 unspecified atom stereocenters. The first-order valence-corrected chi connectivity index (χ1v) is 7.40. The fourth-order valence-electron chi connectivity index (χ4n) is 2.43. The summed E-state index contributed by atoms with van der Waals surface area (Å²) in [6.07, 6.45) is 7.50. The molecule has 4 heteroatoms. The summed E-state index contributed by atoms with van der Waals surface area (Å²) in [5.41, 5.74) is 7.67. The molecule has 94 valence electrons. The van der Waals surface area contributed by atoms with E-state index in [2.05, 4.69) is 16.6 Å². The van der Waals surface area contributed by atoms with E-state index in [1.165, 1.54) is 25.7 Å². The monoisotopic (exact) mass is 251 g/mol. The molecule has 1 fully saturated rings. The number of aryl methyl sites for hydroxylation is 1. The van der Waals surface area contributed by atoms with Gasteiger partial charge in [0.05, 0.1) is 5.69 Å². The molecule has 2 rings (SSSR count). The summed E-state index contributed by atoms with van der Waals surface area (Å²) in [4.78, 5) is 4.45. The fraction of sp³-hybridized carbons (Fsp3) is 0.615. The molecule has 3 nitrogen and oxygen atoms in total. The summed E-state index contributed by atoms with van der Waals surface area (Å²) in [5, 5.41) is 3.43. The lowest BCUT2D eigenvalue weighted by atomic mass is 10.1. The van der Waals surface area contributed by atoms with Crippen LogP contribution >= 0.6 is 11.8 Å². The van der Waals surface area contributed by atoms with Crippen molar-refractivity contribution in [3.8, 4) is 0 Å². The molecular weight excluding hydrogens is 230 g/mol. The van der Waals surface area contributed by atoms with Crippen LogP contribution in [-0.2, 0) is 0 Å². The molecule has 0 atom stereocenters. The van der Waals surface area contributed by atoms with E-state index in [4.69, 9.17) is 5.73 Å². The molecule has 0 radical (unpaired) electrons. The van der Waals surface area contributed by atoms with Crippen LogP contribution in [0.25, 0.3) is 0 Å². The lowest BCUT2D eigenvalue weighted by molar-refractivity contribution is 0.638. The Hall–Kier alpha value is -0.900. The van der Waals surface area contributed by atoms with Gasteiger partial charge in [-0.05, 0) is 38.2 Å². The lowest BCUT2D eigenvalue weighted by Crippen LogP contribution is -2.30. The minimum absolute atomic E-state index is 0.387. The maximum atomic E-state index is 5.93. The van der Waals surface area contributed by atoms with E-state index in [0.717, 1.165) is 23.7 Å². The highest BCUT2D eigenvalue weighted by molar-refractivity contribution is 8.00. The van der Waals surface area contributed by atoms with Crippen molar-refractivity contribution >= 4 is 23.3 Å². The number of nitrogens with one attached hydrogen (secondary N) is 1. The van der Waals surface area contributed by atoms with Crippen LogP contribution < -0.4 is 11.1 Å².